The lowest BCUT2D eigenvalue weighted by molar-refractivity contribution is 0.577. The Bertz CT molecular complexity index is 235. The molecular formula is C6H6BrFN2. The summed E-state index contributed by atoms with van der Waals surface area (Å²) in [5, 5.41) is 0. The molecule has 0 aliphatic rings. The second-order valence-corrected chi connectivity index (χ2v) is 2.75. The molecule has 0 spiro atoms. The molecule has 0 aliphatic heterocycles. The summed E-state index contributed by atoms with van der Waals surface area (Å²) in [5.41, 5.74) is 6.64. The molecule has 1 heterocycles. The van der Waals surface area contributed by atoms with Crippen molar-refractivity contribution < 1.29 is 4.39 Å². The molecule has 2 N–H and O–H groups in total. The van der Waals surface area contributed by atoms with Crippen LogP contribution in [-0.2, 0) is 0 Å². The van der Waals surface area contributed by atoms with Gasteiger partial charge in [0.05, 0.1) is 10.2 Å². The third-order valence-electron chi connectivity index (χ3n) is 1.21. The Hall–Kier alpha value is -0.640. The van der Waals surface area contributed by atoms with Crippen molar-refractivity contribution in [3.63, 3.8) is 0 Å². The SMILES string of the molecule is Cc1cnc(F)c(Br)c1N. The highest BCUT2D eigenvalue weighted by molar-refractivity contribution is 9.10. The average molecular weight is 205 g/mol. The zero-order chi connectivity index (χ0) is 7.72. The van der Waals surface area contributed by atoms with Crippen LogP contribution in [0.4, 0.5) is 10.1 Å². The topological polar surface area (TPSA) is 38.9 Å². The number of aromatic nitrogens is 1. The van der Waals surface area contributed by atoms with Crippen LogP contribution in [0.5, 0.6) is 0 Å². The molecule has 0 aromatic carbocycles. The fourth-order valence-corrected chi connectivity index (χ4v) is 0.979. The van der Waals surface area contributed by atoms with Gasteiger partial charge in [-0.15, -0.1) is 0 Å². The molecule has 1 aromatic rings. The first-order chi connectivity index (χ1) is 4.63. The van der Waals surface area contributed by atoms with Crippen LogP contribution in [0.3, 0.4) is 0 Å². The van der Waals surface area contributed by atoms with Crippen molar-refractivity contribution in [2.24, 2.45) is 0 Å². The summed E-state index contributed by atoms with van der Waals surface area (Å²) in [6, 6.07) is 0. The fourth-order valence-electron chi connectivity index (χ4n) is 0.564. The highest BCUT2D eigenvalue weighted by Gasteiger charge is 2.05. The van der Waals surface area contributed by atoms with Crippen LogP contribution in [0.25, 0.3) is 0 Å². The van der Waals surface area contributed by atoms with Crippen molar-refractivity contribution in [2.45, 2.75) is 6.92 Å². The van der Waals surface area contributed by atoms with E-state index in [2.05, 4.69) is 20.9 Å². The van der Waals surface area contributed by atoms with Crippen LogP contribution in [0, 0.1) is 12.9 Å². The van der Waals surface area contributed by atoms with Crippen LogP contribution in [0.15, 0.2) is 10.7 Å². The van der Waals surface area contributed by atoms with Gasteiger partial charge in [0.25, 0.3) is 0 Å². The summed E-state index contributed by atoms with van der Waals surface area (Å²) in [7, 11) is 0. The van der Waals surface area contributed by atoms with Crippen LogP contribution >= 0.6 is 15.9 Å². The van der Waals surface area contributed by atoms with Crippen LogP contribution in [0.1, 0.15) is 5.56 Å². The molecule has 0 radical (unpaired) electrons. The van der Waals surface area contributed by atoms with Crippen molar-refractivity contribution in [3.8, 4) is 0 Å². The van der Waals surface area contributed by atoms with Gasteiger partial charge in [-0.25, -0.2) is 4.98 Å². The Labute approximate surface area is 66.4 Å². The van der Waals surface area contributed by atoms with E-state index in [1.165, 1.54) is 6.20 Å². The van der Waals surface area contributed by atoms with E-state index in [0.29, 0.717) is 5.69 Å². The van der Waals surface area contributed by atoms with E-state index in [1.54, 1.807) is 6.92 Å². The third kappa shape index (κ3) is 1.11. The second-order valence-electron chi connectivity index (χ2n) is 1.96. The first-order valence-corrected chi connectivity index (χ1v) is 3.48. The predicted molar refractivity (Wildman–Crippen MR) is 41.0 cm³/mol. The monoisotopic (exact) mass is 204 g/mol. The molecule has 4 heteroatoms. The van der Waals surface area contributed by atoms with Gasteiger partial charge in [0, 0.05) is 6.20 Å². The number of anilines is 1. The Morgan fingerprint density at radius 3 is 2.80 bits per heavy atom. The smallest absolute Gasteiger partial charge is 0.229 e. The lowest BCUT2D eigenvalue weighted by Crippen LogP contribution is -1.95. The fraction of sp³-hybridized carbons (Fsp3) is 0.167. The minimum atomic E-state index is -0.567. The van der Waals surface area contributed by atoms with Crippen molar-refractivity contribution in [2.75, 3.05) is 5.73 Å². The number of pyridine rings is 1. The predicted octanol–water partition coefficient (Wildman–Crippen LogP) is 1.87. The van der Waals surface area contributed by atoms with Gasteiger partial charge in [-0.1, -0.05) is 0 Å². The minimum Gasteiger partial charge on any atom is -0.397 e. The first-order valence-electron chi connectivity index (χ1n) is 2.69. The number of rotatable bonds is 0. The van der Waals surface area contributed by atoms with Gasteiger partial charge >= 0.3 is 0 Å². The summed E-state index contributed by atoms with van der Waals surface area (Å²) in [4.78, 5) is 3.45. The molecule has 10 heavy (non-hydrogen) atoms. The molecule has 54 valence electrons. The highest BCUT2D eigenvalue weighted by atomic mass is 79.9. The van der Waals surface area contributed by atoms with Crippen LogP contribution in [-0.4, -0.2) is 4.98 Å². The zero-order valence-corrected chi connectivity index (χ0v) is 6.94. The molecule has 0 saturated carbocycles. The number of halogens is 2. The van der Waals surface area contributed by atoms with E-state index >= 15 is 0 Å². The summed E-state index contributed by atoms with van der Waals surface area (Å²) >= 11 is 2.97. The lowest BCUT2D eigenvalue weighted by Gasteiger charge is -2.00. The number of aryl methyl sites for hydroxylation is 1. The standard InChI is InChI=1S/C6H6BrFN2/c1-3-2-10-6(8)4(7)5(3)9/h2H,1H3,(H2,9,10). The van der Waals surface area contributed by atoms with Crippen molar-refractivity contribution in [1.82, 2.24) is 4.98 Å². The molecular weight excluding hydrogens is 199 g/mol. The van der Waals surface area contributed by atoms with E-state index in [0.717, 1.165) is 5.56 Å². The molecule has 0 fully saturated rings. The van der Waals surface area contributed by atoms with E-state index in [-0.39, 0.29) is 4.47 Å². The van der Waals surface area contributed by atoms with Gasteiger partial charge in [-0.2, -0.15) is 4.39 Å². The average Bonchev–Trinajstić information content (AvgIpc) is 1.93. The summed E-state index contributed by atoms with van der Waals surface area (Å²) < 4.78 is 12.8. The number of hydrogen-bond donors (Lipinski definition) is 1. The highest BCUT2D eigenvalue weighted by Crippen LogP contribution is 2.23. The molecule has 0 bridgehead atoms. The van der Waals surface area contributed by atoms with Gasteiger partial charge in [0.15, 0.2) is 0 Å². The molecule has 0 amide bonds. The number of nitrogens with zero attached hydrogens (tertiary/aromatic N) is 1. The summed E-state index contributed by atoms with van der Waals surface area (Å²) in [6.45, 7) is 1.77. The van der Waals surface area contributed by atoms with Crippen molar-refractivity contribution in [1.29, 1.82) is 0 Å². The van der Waals surface area contributed by atoms with E-state index in [4.69, 9.17) is 5.73 Å². The molecule has 1 rings (SSSR count). The Morgan fingerprint density at radius 2 is 2.30 bits per heavy atom. The van der Waals surface area contributed by atoms with Gasteiger partial charge in [-0.05, 0) is 28.4 Å². The molecule has 0 saturated heterocycles. The number of nitrogen functional groups attached to an aromatic ring is 1. The normalized spacial score (nSPS) is 9.90. The van der Waals surface area contributed by atoms with Crippen molar-refractivity contribution >= 4 is 21.6 Å². The zero-order valence-electron chi connectivity index (χ0n) is 5.36. The largest absolute Gasteiger partial charge is 0.397 e. The Balaban J connectivity index is 3.34. The third-order valence-corrected chi connectivity index (χ3v) is 1.97. The van der Waals surface area contributed by atoms with E-state index in [9.17, 15) is 4.39 Å². The van der Waals surface area contributed by atoms with E-state index < -0.39 is 5.95 Å². The number of hydrogen-bond acceptors (Lipinski definition) is 2. The summed E-state index contributed by atoms with van der Waals surface area (Å²) in [6.07, 6.45) is 1.40. The molecule has 0 aliphatic carbocycles. The van der Waals surface area contributed by atoms with Crippen LogP contribution in [0.2, 0.25) is 0 Å². The Kier molecular flexibility index (Phi) is 1.89. The van der Waals surface area contributed by atoms with Crippen molar-refractivity contribution in [3.05, 3.63) is 22.2 Å². The quantitative estimate of drug-likeness (QED) is 0.656. The van der Waals surface area contributed by atoms with Gasteiger partial charge in [0.1, 0.15) is 0 Å². The van der Waals surface area contributed by atoms with Gasteiger partial charge < -0.3 is 5.73 Å². The maximum atomic E-state index is 12.5. The number of nitrogens with two attached hydrogens (primary N) is 1. The maximum Gasteiger partial charge on any atom is 0.229 e. The molecule has 0 atom stereocenters. The molecule has 0 unspecified atom stereocenters. The van der Waals surface area contributed by atoms with Gasteiger partial charge in [-0.3, -0.25) is 0 Å². The van der Waals surface area contributed by atoms with Crippen LogP contribution < -0.4 is 5.73 Å². The minimum absolute atomic E-state index is 0.243. The Morgan fingerprint density at radius 1 is 1.70 bits per heavy atom. The molecule has 1 aromatic heterocycles. The summed E-state index contributed by atoms with van der Waals surface area (Å²) in [5.74, 6) is -0.567. The maximum absolute atomic E-state index is 12.5. The van der Waals surface area contributed by atoms with Gasteiger partial charge in [0.2, 0.25) is 5.95 Å². The first kappa shape index (κ1) is 7.47. The second kappa shape index (κ2) is 2.54. The van der Waals surface area contributed by atoms with E-state index in [1.807, 2.05) is 0 Å². The lowest BCUT2D eigenvalue weighted by atomic mass is 10.3. The molecule has 2 nitrogen and oxygen atoms in total.